The molecule has 5 nitrogen and oxygen atoms in total. The van der Waals surface area contributed by atoms with Gasteiger partial charge in [0.15, 0.2) is 12.4 Å². The van der Waals surface area contributed by atoms with Crippen LogP contribution in [0, 0.1) is 0 Å². The number of carbonyl (C=O) groups excluding carboxylic acids is 1. The molecule has 0 aromatic carbocycles. The number of aryl methyl sites for hydroxylation is 1. The summed E-state index contributed by atoms with van der Waals surface area (Å²) >= 11 is 0. The SMILES string of the molecule is CCCc1cc[n+](/C(C(=O)OC)=C(/O)OC)cc1. The van der Waals surface area contributed by atoms with Gasteiger partial charge in [0.05, 0.1) is 14.2 Å². The van der Waals surface area contributed by atoms with Crippen molar-refractivity contribution in [2.75, 3.05) is 14.2 Å². The molecular weight excluding hydrogens is 234 g/mol. The van der Waals surface area contributed by atoms with Gasteiger partial charge in [0, 0.05) is 12.1 Å². The van der Waals surface area contributed by atoms with Crippen LogP contribution in [-0.2, 0) is 20.7 Å². The fraction of sp³-hybridized carbons (Fsp3) is 0.385. The number of carbonyl (C=O) groups is 1. The lowest BCUT2D eigenvalue weighted by Gasteiger charge is -2.03. The summed E-state index contributed by atoms with van der Waals surface area (Å²) in [5.41, 5.74) is 1.11. The van der Waals surface area contributed by atoms with Crippen molar-refractivity contribution in [3.63, 3.8) is 0 Å². The first-order valence-electron chi connectivity index (χ1n) is 5.70. The Balaban J connectivity index is 3.11. The van der Waals surface area contributed by atoms with Crippen molar-refractivity contribution in [1.29, 1.82) is 0 Å². The first-order valence-corrected chi connectivity index (χ1v) is 5.70. The Bertz CT molecular complexity index is 437. The fourth-order valence-corrected chi connectivity index (χ4v) is 1.56. The molecule has 0 saturated heterocycles. The fourth-order valence-electron chi connectivity index (χ4n) is 1.56. The van der Waals surface area contributed by atoms with E-state index in [1.165, 1.54) is 18.8 Å². The highest BCUT2D eigenvalue weighted by atomic mass is 16.6. The molecular formula is C13H18NO4+. The molecule has 0 amide bonds. The molecule has 0 bridgehead atoms. The number of aliphatic hydroxyl groups excluding tert-OH is 1. The van der Waals surface area contributed by atoms with Crippen LogP contribution in [0.1, 0.15) is 18.9 Å². The third-order valence-electron chi connectivity index (χ3n) is 2.47. The van der Waals surface area contributed by atoms with Crippen LogP contribution in [0.25, 0.3) is 5.70 Å². The van der Waals surface area contributed by atoms with Crippen LogP contribution in [0.5, 0.6) is 0 Å². The van der Waals surface area contributed by atoms with Gasteiger partial charge in [-0.2, -0.15) is 4.57 Å². The summed E-state index contributed by atoms with van der Waals surface area (Å²) in [7, 11) is 2.53. The van der Waals surface area contributed by atoms with E-state index in [4.69, 9.17) is 0 Å². The van der Waals surface area contributed by atoms with Crippen LogP contribution in [-0.4, -0.2) is 25.3 Å². The summed E-state index contributed by atoms with van der Waals surface area (Å²) in [5, 5.41) is 9.58. The number of hydrogen-bond donors (Lipinski definition) is 1. The van der Waals surface area contributed by atoms with E-state index in [0.29, 0.717) is 0 Å². The third kappa shape index (κ3) is 3.23. The lowest BCUT2D eigenvalue weighted by Crippen LogP contribution is -2.37. The molecule has 1 heterocycles. The Kier molecular flexibility index (Phi) is 5.17. The Hall–Kier alpha value is -2.04. The number of aromatic nitrogens is 1. The van der Waals surface area contributed by atoms with Gasteiger partial charge < -0.3 is 14.6 Å². The largest absolute Gasteiger partial charge is 0.476 e. The van der Waals surface area contributed by atoms with Gasteiger partial charge in [-0.3, -0.25) is 0 Å². The molecule has 0 saturated carbocycles. The van der Waals surface area contributed by atoms with Gasteiger partial charge in [-0.15, -0.1) is 0 Å². The Morgan fingerprint density at radius 1 is 1.28 bits per heavy atom. The molecule has 1 aromatic rings. The standard InChI is InChI=1S/C13H17NO4/c1-4-5-10-6-8-14(9-7-10)11(12(15)17-2)13(16)18-3/h6-9H,4-5H2,1-3H3/p+1. The third-order valence-corrected chi connectivity index (χ3v) is 2.47. The van der Waals surface area contributed by atoms with Crippen LogP contribution in [0.3, 0.4) is 0 Å². The Labute approximate surface area is 106 Å². The van der Waals surface area contributed by atoms with Crippen LogP contribution >= 0.6 is 0 Å². The van der Waals surface area contributed by atoms with E-state index in [0.717, 1.165) is 18.4 Å². The number of nitrogens with zero attached hydrogens (tertiary/aromatic N) is 1. The molecule has 0 atom stereocenters. The van der Waals surface area contributed by atoms with Crippen LogP contribution in [0.2, 0.25) is 0 Å². The van der Waals surface area contributed by atoms with Crippen molar-refractivity contribution >= 4 is 11.7 Å². The lowest BCUT2D eigenvalue weighted by atomic mass is 10.1. The van der Waals surface area contributed by atoms with Crippen LogP contribution < -0.4 is 4.57 Å². The minimum Gasteiger partial charge on any atom is -0.476 e. The molecule has 0 unspecified atom stereocenters. The highest BCUT2D eigenvalue weighted by molar-refractivity contribution is 6.06. The van der Waals surface area contributed by atoms with E-state index < -0.39 is 11.9 Å². The van der Waals surface area contributed by atoms with Crippen molar-refractivity contribution in [1.82, 2.24) is 0 Å². The normalized spacial score (nSPS) is 11.7. The van der Waals surface area contributed by atoms with Crippen molar-refractivity contribution in [3.05, 3.63) is 36.0 Å². The van der Waals surface area contributed by atoms with E-state index in [1.54, 1.807) is 12.4 Å². The molecule has 0 aliphatic rings. The average Bonchev–Trinajstić information content (AvgIpc) is 2.40. The zero-order valence-corrected chi connectivity index (χ0v) is 10.8. The van der Waals surface area contributed by atoms with Gasteiger partial charge in [-0.1, -0.05) is 13.3 Å². The maximum Gasteiger partial charge on any atom is 0.411 e. The van der Waals surface area contributed by atoms with Crippen molar-refractivity contribution in [3.8, 4) is 0 Å². The molecule has 0 aliphatic heterocycles. The van der Waals surface area contributed by atoms with Gasteiger partial charge in [-0.25, -0.2) is 4.79 Å². The Morgan fingerprint density at radius 2 is 1.89 bits per heavy atom. The first kappa shape index (κ1) is 14.0. The second kappa shape index (κ2) is 6.64. The van der Waals surface area contributed by atoms with Crippen LogP contribution in [0.15, 0.2) is 30.5 Å². The highest BCUT2D eigenvalue weighted by Gasteiger charge is 2.28. The molecule has 18 heavy (non-hydrogen) atoms. The van der Waals surface area contributed by atoms with E-state index in [-0.39, 0.29) is 5.70 Å². The smallest absolute Gasteiger partial charge is 0.411 e. The van der Waals surface area contributed by atoms with Gasteiger partial charge in [0.25, 0.3) is 0 Å². The van der Waals surface area contributed by atoms with E-state index in [2.05, 4.69) is 16.4 Å². The first-order chi connectivity index (χ1) is 8.63. The number of pyridine rings is 1. The van der Waals surface area contributed by atoms with Gasteiger partial charge in [0.1, 0.15) is 0 Å². The van der Waals surface area contributed by atoms with Crippen molar-refractivity contribution in [2.45, 2.75) is 19.8 Å². The van der Waals surface area contributed by atoms with E-state index in [9.17, 15) is 9.90 Å². The second-order valence-corrected chi connectivity index (χ2v) is 3.71. The molecule has 0 spiro atoms. The summed E-state index contributed by atoms with van der Waals surface area (Å²) in [6.07, 6.45) is 5.39. The molecule has 98 valence electrons. The minimum absolute atomic E-state index is 0.0527. The van der Waals surface area contributed by atoms with Crippen LogP contribution in [0.4, 0.5) is 0 Å². The molecule has 1 N–H and O–H groups in total. The number of ether oxygens (including phenoxy) is 2. The number of aliphatic hydroxyl groups is 1. The molecule has 1 aromatic heterocycles. The van der Waals surface area contributed by atoms with Gasteiger partial charge in [-0.05, 0) is 12.0 Å². The number of rotatable bonds is 5. The second-order valence-electron chi connectivity index (χ2n) is 3.71. The Morgan fingerprint density at radius 3 is 2.33 bits per heavy atom. The van der Waals surface area contributed by atoms with E-state index >= 15 is 0 Å². The van der Waals surface area contributed by atoms with Gasteiger partial charge >= 0.3 is 17.6 Å². The molecule has 0 radical (unpaired) electrons. The molecule has 5 heteroatoms. The topological polar surface area (TPSA) is 59.6 Å². The maximum absolute atomic E-state index is 11.6. The zero-order valence-electron chi connectivity index (χ0n) is 10.8. The predicted molar refractivity (Wildman–Crippen MR) is 65.5 cm³/mol. The van der Waals surface area contributed by atoms with E-state index in [1.807, 2.05) is 12.1 Å². The summed E-state index contributed by atoms with van der Waals surface area (Å²) in [4.78, 5) is 11.6. The minimum atomic E-state index is -0.664. The monoisotopic (exact) mass is 252 g/mol. The van der Waals surface area contributed by atoms with Gasteiger partial charge in [0.2, 0.25) is 0 Å². The summed E-state index contributed by atoms with van der Waals surface area (Å²) < 4.78 is 10.8. The zero-order chi connectivity index (χ0) is 13.5. The maximum atomic E-state index is 11.6. The number of methoxy groups -OCH3 is 2. The lowest BCUT2D eigenvalue weighted by molar-refractivity contribution is -0.581. The van der Waals surface area contributed by atoms with Crippen molar-refractivity contribution in [2.24, 2.45) is 0 Å². The summed E-state index contributed by atoms with van der Waals surface area (Å²) in [6, 6.07) is 3.77. The highest BCUT2D eigenvalue weighted by Crippen LogP contribution is 2.06. The molecule has 0 aliphatic carbocycles. The quantitative estimate of drug-likeness (QED) is 0.373. The summed E-state index contributed by atoms with van der Waals surface area (Å²) in [6.45, 7) is 2.09. The van der Waals surface area contributed by atoms with Crippen molar-refractivity contribution < 1.29 is 23.9 Å². The number of esters is 1. The predicted octanol–water partition coefficient (Wildman–Crippen LogP) is 1.43. The summed E-state index contributed by atoms with van der Waals surface area (Å²) in [5.74, 6) is -1.14. The molecule has 0 fully saturated rings. The average molecular weight is 252 g/mol. The molecule has 1 rings (SSSR count). The number of hydrogen-bond acceptors (Lipinski definition) is 4.